The third-order valence-corrected chi connectivity index (χ3v) is 12.9. The molecule has 0 atom stereocenters. The van der Waals surface area contributed by atoms with Gasteiger partial charge in [-0.15, -0.1) is 0 Å². The van der Waals surface area contributed by atoms with Crippen LogP contribution in [0.25, 0.3) is 22.8 Å². The third kappa shape index (κ3) is 28.5. The Kier molecular flexibility index (Phi) is 44.1. The smallest absolute Gasteiger partial charge is 0.545 e. The minimum absolute atomic E-state index is 0. The molecule has 0 aliphatic heterocycles. The number of hydrogen-bond acceptors (Lipinski definition) is 28. The summed E-state index contributed by atoms with van der Waals surface area (Å²) in [5.74, 6) is -4.31. The van der Waals surface area contributed by atoms with Crippen molar-refractivity contribution in [3.63, 3.8) is 0 Å². The molecule has 4 aromatic heterocycles. The van der Waals surface area contributed by atoms with E-state index in [0.29, 0.717) is 34.5 Å². The number of para-hydroxylation sites is 6. The summed E-state index contributed by atoms with van der Waals surface area (Å²) in [5, 5.41) is 63.6. The summed E-state index contributed by atoms with van der Waals surface area (Å²) in [6, 6.07) is 50.7. The fourth-order valence-electron chi connectivity index (χ4n) is 8.34. The number of carbonyl (C=O) groups excluding carboxylic acids is 6. The first-order valence-corrected chi connectivity index (χ1v) is 29.3. The Bertz CT molecular complexity index is 3600. The summed E-state index contributed by atoms with van der Waals surface area (Å²) < 4.78 is 58.8. The molecule has 0 saturated heterocycles. The molecule has 4 heterocycles. The van der Waals surface area contributed by atoms with Crippen molar-refractivity contribution >= 4 is 35.8 Å². The number of methoxy groups -OCH3 is 12. The van der Waals surface area contributed by atoms with Gasteiger partial charge in [0.2, 0.25) is 0 Å². The SMILES string of the molecule is COc1cccc(C(=O)[O-])c1OC.COc1cccc(C(=O)[O-])c1OC.COc1cccc(C(=O)[O-])c1OC.COc1cccc(C(=O)[O-])c1OC.COc1cccc(C(=O)[O-])c1OC.COc1cccc(C(=O)[O-])c1OC.[Nd+3].[Nd+3].c1ccc(-c2ccccn2)nc1.c1ccc(-c2ccccn2)nc1. The normalized spacial score (nSPS) is 9.27. The number of aromatic nitrogens is 4. The van der Waals surface area contributed by atoms with Crippen molar-refractivity contribution in [2.24, 2.45) is 0 Å². The Morgan fingerprint density at radius 1 is 0.212 bits per heavy atom. The van der Waals surface area contributed by atoms with Crippen LogP contribution in [-0.2, 0) is 0 Å². The molecule has 10 aromatic rings. The zero-order valence-electron chi connectivity index (χ0n) is 58.2. The molecule has 6 aromatic carbocycles. The van der Waals surface area contributed by atoms with Crippen molar-refractivity contribution in [3.8, 4) is 91.8 Å². The van der Waals surface area contributed by atoms with Crippen LogP contribution in [-0.4, -0.2) is 141 Å². The molecule has 0 amide bonds. The first-order valence-electron chi connectivity index (χ1n) is 29.3. The Labute approximate surface area is 665 Å². The standard InChI is InChI=1S/2C10H8N2.6C9H10O4.2Nd/c2*1-3-7-11-9(5-1)10-6-2-4-8-12-10;6*1-12-7-5-3-4-6(9(10)11)8(7)13-2;;/h2*1-8H;6*3-5H,1-2H3,(H,10,11);;/q;;;;;;;;2*+3/p-6. The van der Waals surface area contributed by atoms with E-state index in [2.05, 4.69) is 19.9 Å². The molecule has 104 heavy (non-hydrogen) atoms. The van der Waals surface area contributed by atoms with Gasteiger partial charge < -0.3 is 116 Å². The molecular formula is C74H70N4Nd2O24. The van der Waals surface area contributed by atoms with Gasteiger partial charge >= 0.3 is 81.7 Å². The molecule has 0 fully saturated rings. The van der Waals surface area contributed by atoms with E-state index in [0.717, 1.165) is 22.8 Å². The number of benzene rings is 6. The van der Waals surface area contributed by atoms with Gasteiger partial charge in [0.05, 0.1) is 144 Å². The number of ether oxygens (including phenoxy) is 12. The van der Waals surface area contributed by atoms with Crippen molar-refractivity contribution in [2.75, 3.05) is 85.3 Å². The number of rotatable bonds is 20. The topological polar surface area (TPSA) is 403 Å². The maximum absolute atomic E-state index is 10.6. The molecule has 0 N–H and O–H groups in total. The van der Waals surface area contributed by atoms with Crippen molar-refractivity contribution in [2.45, 2.75) is 0 Å². The van der Waals surface area contributed by atoms with E-state index in [1.807, 2.05) is 72.8 Å². The molecule has 30 heteroatoms. The van der Waals surface area contributed by atoms with Crippen LogP contribution in [0.15, 0.2) is 207 Å². The molecule has 0 saturated carbocycles. The van der Waals surface area contributed by atoms with Crippen molar-refractivity contribution in [1.82, 2.24) is 19.9 Å². The molecular weight excluding hydrogens is 1620 g/mol. The predicted octanol–water partition coefficient (Wildman–Crippen LogP) is 4.69. The average molecular weight is 1690 g/mol. The van der Waals surface area contributed by atoms with Gasteiger partial charge in [0.15, 0.2) is 69.0 Å². The van der Waals surface area contributed by atoms with Crippen molar-refractivity contribution in [1.29, 1.82) is 0 Å². The van der Waals surface area contributed by atoms with Gasteiger partial charge in [-0.1, -0.05) is 60.7 Å². The van der Waals surface area contributed by atoms with Crippen molar-refractivity contribution in [3.05, 3.63) is 240 Å². The molecule has 538 valence electrons. The second-order valence-corrected chi connectivity index (χ2v) is 18.8. The second kappa shape index (κ2) is 50.4. The summed E-state index contributed by atoms with van der Waals surface area (Å²) in [6.07, 6.45) is 7.07. The molecule has 10 rings (SSSR count). The van der Waals surface area contributed by atoms with Gasteiger partial charge in [-0.2, -0.15) is 0 Å². The van der Waals surface area contributed by atoms with Crippen LogP contribution in [0.1, 0.15) is 62.1 Å². The largest absolute Gasteiger partial charge is 3.00 e. The van der Waals surface area contributed by atoms with E-state index in [4.69, 9.17) is 56.8 Å². The van der Waals surface area contributed by atoms with Crippen LogP contribution >= 0.6 is 0 Å². The second-order valence-electron chi connectivity index (χ2n) is 18.8. The molecule has 0 unspecified atom stereocenters. The molecule has 0 bridgehead atoms. The number of pyridine rings is 4. The maximum atomic E-state index is 10.6. The average Bonchev–Trinajstić information content (AvgIpc) is 1.06. The minimum Gasteiger partial charge on any atom is -0.545 e. The fourth-order valence-corrected chi connectivity index (χ4v) is 8.34. The van der Waals surface area contributed by atoms with Crippen molar-refractivity contribution < 1.29 is 198 Å². The molecule has 0 aliphatic rings. The number of aromatic carboxylic acids is 6. The van der Waals surface area contributed by atoms with Gasteiger partial charge in [0, 0.05) is 58.2 Å². The predicted molar refractivity (Wildman–Crippen MR) is 358 cm³/mol. The number of carboxylic acids is 6. The Balaban J connectivity index is 0.000000593. The van der Waals surface area contributed by atoms with Gasteiger partial charge in [0.25, 0.3) is 0 Å². The van der Waals surface area contributed by atoms with Crippen LogP contribution in [0, 0.1) is 81.7 Å². The quantitative estimate of drug-likeness (QED) is 0.0998. The van der Waals surface area contributed by atoms with E-state index in [1.54, 1.807) is 97.6 Å². The number of carbonyl (C=O) groups is 6. The Morgan fingerprint density at radius 3 is 0.452 bits per heavy atom. The minimum atomic E-state index is -1.28. The maximum Gasteiger partial charge on any atom is 3.00 e. The first kappa shape index (κ1) is 91.1. The third-order valence-electron chi connectivity index (χ3n) is 12.9. The summed E-state index contributed by atoms with van der Waals surface area (Å²) >= 11 is 0. The number of nitrogens with zero attached hydrogens (tertiary/aromatic N) is 4. The van der Waals surface area contributed by atoms with Crippen LogP contribution in [0.2, 0.25) is 0 Å². The van der Waals surface area contributed by atoms with Gasteiger partial charge in [-0.25, -0.2) is 0 Å². The summed E-state index contributed by atoms with van der Waals surface area (Å²) in [4.78, 5) is 80.4. The Morgan fingerprint density at radius 2 is 0.356 bits per heavy atom. The zero-order valence-corrected chi connectivity index (χ0v) is 64.6. The monoisotopic (exact) mass is 1680 g/mol. The summed E-state index contributed by atoms with van der Waals surface area (Å²) in [7, 11) is 16.9. The van der Waals surface area contributed by atoms with E-state index in [-0.39, 0.29) is 150 Å². The van der Waals surface area contributed by atoms with Crippen LogP contribution in [0.5, 0.6) is 69.0 Å². The van der Waals surface area contributed by atoms with Gasteiger partial charge in [0.1, 0.15) is 0 Å². The zero-order chi connectivity index (χ0) is 75.5. The Hall–Kier alpha value is -11.0. The van der Waals surface area contributed by atoms with E-state index in [1.165, 1.54) is 122 Å². The summed E-state index contributed by atoms with van der Waals surface area (Å²) in [6.45, 7) is 0. The number of hydrogen-bond donors (Lipinski definition) is 0. The molecule has 0 spiro atoms. The summed E-state index contributed by atoms with van der Waals surface area (Å²) in [5.41, 5.74) is 3.59. The van der Waals surface area contributed by atoms with Gasteiger partial charge in [-0.05, 0) is 121 Å². The molecule has 0 aliphatic carbocycles. The molecule has 28 nitrogen and oxygen atoms in total. The van der Waals surface area contributed by atoms with E-state index in [9.17, 15) is 59.4 Å². The van der Waals surface area contributed by atoms with Crippen LogP contribution in [0.4, 0.5) is 0 Å². The van der Waals surface area contributed by atoms with Gasteiger partial charge in [-0.3, -0.25) is 19.9 Å². The van der Waals surface area contributed by atoms with E-state index < -0.39 is 35.8 Å². The van der Waals surface area contributed by atoms with E-state index >= 15 is 0 Å². The molecule has 2 radical (unpaired) electrons. The fraction of sp³-hybridized carbons (Fsp3) is 0.162. The van der Waals surface area contributed by atoms with Crippen LogP contribution < -0.4 is 87.5 Å². The first-order chi connectivity index (χ1) is 49.1. The van der Waals surface area contributed by atoms with Crippen LogP contribution in [0.3, 0.4) is 0 Å². The number of carboxylic acid groups (broad SMARTS) is 6.